The van der Waals surface area contributed by atoms with Crippen LogP contribution in [0.15, 0.2) is 41.6 Å². The molecular weight excluding hydrogens is 288 g/mol. The number of anilines is 1. The van der Waals surface area contributed by atoms with Crippen molar-refractivity contribution in [3.05, 3.63) is 52.2 Å². The first-order chi connectivity index (χ1) is 10.6. The smallest absolute Gasteiger partial charge is 0.287 e. The Labute approximate surface area is 126 Å². The zero-order valence-electron chi connectivity index (χ0n) is 11.8. The van der Waals surface area contributed by atoms with Crippen molar-refractivity contribution in [1.29, 1.82) is 0 Å². The van der Waals surface area contributed by atoms with Crippen LogP contribution in [0.2, 0.25) is 0 Å². The van der Waals surface area contributed by atoms with Crippen LogP contribution in [0.25, 0.3) is 0 Å². The van der Waals surface area contributed by atoms with Gasteiger partial charge in [-0.2, -0.15) is 5.10 Å². The van der Waals surface area contributed by atoms with Gasteiger partial charge in [-0.1, -0.05) is 0 Å². The Hall–Kier alpha value is -3.16. The molecule has 2 aromatic rings. The number of hydrogen-bond donors (Lipinski definition) is 2. The van der Waals surface area contributed by atoms with Crippen LogP contribution >= 0.6 is 0 Å². The second-order valence-electron chi connectivity index (χ2n) is 4.19. The number of nitrogens with zero attached hydrogens (tertiary/aromatic N) is 3. The van der Waals surface area contributed by atoms with E-state index >= 15 is 0 Å². The molecule has 0 amide bonds. The summed E-state index contributed by atoms with van der Waals surface area (Å²) in [7, 11) is 0. The molecule has 0 unspecified atom stereocenters. The van der Waals surface area contributed by atoms with Gasteiger partial charge in [-0.3, -0.25) is 15.5 Å². The van der Waals surface area contributed by atoms with E-state index in [4.69, 9.17) is 4.74 Å². The van der Waals surface area contributed by atoms with Crippen molar-refractivity contribution in [3.8, 4) is 11.5 Å². The summed E-state index contributed by atoms with van der Waals surface area (Å²) in [6.45, 7) is 2.27. The molecule has 0 aliphatic rings. The molecule has 1 aromatic carbocycles. The molecule has 8 heteroatoms. The van der Waals surface area contributed by atoms with E-state index in [-0.39, 0.29) is 11.4 Å². The molecule has 114 valence electrons. The lowest BCUT2D eigenvalue weighted by atomic mass is 10.2. The van der Waals surface area contributed by atoms with Crippen molar-refractivity contribution < 1.29 is 14.8 Å². The molecule has 0 fully saturated rings. The fourth-order valence-electron chi connectivity index (χ4n) is 1.62. The van der Waals surface area contributed by atoms with Gasteiger partial charge in [0.25, 0.3) is 5.69 Å². The quantitative estimate of drug-likeness (QED) is 0.482. The zero-order chi connectivity index (χ0) is 15.9. The number of aromatic nitrogens is 1. The Kier molecular flexibility index (Phi) is 4.86. The normalized spacial score (nSPS) is 10.6. The first-order valence-corrected chi connectivity index (χ1v) is 6.45. The van der Waals surface area contributed by atoms with E-state index in [1.807, 2.05) is 6.92 Å². The Bertz CT molecular complexity index is 686. The number of phenols is 1. The second-order valence-corrected chi connectivity index (χ2v) is 4.19. The van der Waals surface area contributed by atoms with Crippen molar-refractivity contribution in [2.45, 2.75) is 6.92 Å². The predicted molar refractivity (Wildman–Crippen MR) is 81.4 cm³/mol. The average Bonchev–Trinajstić information content (AvgIpc) is 2.51. The number of nitro groups is 1. The number of nitrogens with one attached hydrogen (secondary N) is 1. The number of phenolic OH excluding ortho intramolecular Hbond substituents is 1. The Morgan fingerprint density at radius 3 is 2.91 bits per heavy atom. The first kappa shape index (κ1) is 15.2. The molecule has 0 spiro atoms. The fourth-order valence-corrected chi connectivity index (χ4v) is 1.62. The molecule has 0 aliphatic carbocycles. The Balaban J connectivity index is 2.03. The predicted octanol–water partition coefficient (Wildman–Crippen LogP) is 2.54. The van der Waals surface area contributed by atoms with Crippen LogP contribution in [0.4, 0.5) is 11.5 Å². The number of benzene rings is 1. The standard InChI is InChI=1S/C14H14N4O4/c1-2-22-13-7-10(3-5-12(13)19)8-16-17-14-6-4-11(9-15-14)18(20)21/h3-9,19H,2H2,1H3,(H,15,17). The highest BCUT2D eigenvalue weighted by Gasteiger charge is 2.04. The van der Waals surface area contributed by atoms with Gasteiger partial charge in [-0.25, -0.2) is 4.98 Å². The van der Waals surface area contributed by atoms with Crippen LogP contribution in [0.3, 0.4) is 0 Å². The minimum atomic E-state index is -0.522. The SMILES string of the molecule is CCOc1cc(C=NNc2ccc([N+](=O)[O-])cn2)ccc1O. The van der Waals surface area contributed by atoms with Gasteiger partial charge < -0.3 is 9.84 Å². The maximum absolute atomic E-state index is 10.5. The molecule has 1 aromatic heterocycles. The van der Waals surface area contributed by atoms with E-state index in [0.29, 0.717) is 18.2 Å². The molecule has 8 nitrogen and oxygen atoms in total. The third-order valence-electron chi connectivity index (χ3n) is 2.64. The van der Waals surface area contributed by atoms with Gasteiger partial charge >= 0.3 is 0 Å². The highest BCUT2D eigenvalue weighted by Crippen LogP contribution is 2.26. The summed E-state index contributed by atoms with van der Waals surface area (Å²) in [4.78, 5) is 13.8. The van der Waals surface area contributed by atoms with Crippen molar-refractivity contribution >= 4 is 17.7 Å². The Morgan fingerprint density at radius 1 is 1.45 bits per heavy atom. The van der Waals surface area contributed by atoms with Crippen LogP contribution in [-0.4, -0.2) is 27.8 Å². The topological polar surface area (TPSA) is 110 Å². The van der Waals surface area contributed by atoms with Crippen LogP contribution in [0.5, 0.6) is 11.5 Å². The molecule has 0 saturated carbocycles. The summed E-state index contributed by atoms with van der Waals surface area (Å²) >= 11 is 0. The van der Waals surface area contributed by atoms with Gasteiger partial charge in [-0.15, -0.1) is 0 Å². The molecule has 2 rings (SSSR count). The van der Waals surface area contributed by atoms with Crippen molar-refractivity contribution in [2.75, 3.05) is 12.0 Å². The van der Waals surface area contributed by atoms with Crippen molar-refractivity contribution in [1.82, 2.24) is 4.98 Å². The van der Waals surface area contributed by atoms with Gasteiger partial charge in [0, 0.05) is 6.07 Å². The summed E-state index contributed by atoms with van der Waals surface area (Å²) in [6, 6.07) is 7.62. The number of rotatable bonds is 6. The van der Waals surface area contributed by atoms with E-state index in [1.54, 1.807) is 12.1 Å². The van der Waals surface area contributed by atoms with Crippen LogP contribution in [-0.2, 0) is 0 Å². The first-order valence-electron chi connectivity index (χ1n) is 6.45. The molecule has 1 heterocycles. The molecule has 22 heavy (non-hydrogen) atoms. The third-order valence-corrected chi connectivity index (χ3v) is 2.64. The molecule has 0 bridgehead atoms. The minimum Gasteiger partial charge on any atom is -0.504 e. The van der Waals surface area contributed by atoms with E-state index in [2.05, 4.69) is 15.5 Å². The summed E-state index contributed by atoms with van der Waals surface area (Å²) < 4.78 is 5.27. The fraction of sp³-hybridized carbons (Fsp3) is 0.143. The van der Waals surface area contributed by atoms with Gasteiger partial charge in [-0.05, 0) is 36.8 Å². The number of hydrogen-bond acceptors (Lipinski definition) is 7. The lowest BCUT2D eigenvalue weighted by Gasteiger charge is -2.06. The molecule has 0 atom stereocenters. The van der Waals surface area contributed by atoms with E-state index in [1.165, 1.54) is 24.4 Å². The molecule has 0 aliphatic heterocycles. The largest absolute Gasteiger partial charge is 0.504 e. The Morgan fingerprint density at radius 2 is 2.27 bits per heavy atom. The summed E-state index contributed by atoms with van der Waals surface area (Å²) in [6.07, 6.45) is 2.66. The summed E-state index contributed by atoms with van der Waals surface area (Å²) in [5.74, 6) is 0.814. The summed E-state index contributed by atoms with van der Waals surface area (Å²) in [5, 5.41) is 24.1. The van der Waals surface area contributed by atoms with Crippen LogP contribution in [0, 0.1) is 10.1 Å². The lowest BCUT2D eigenvalue weighted by molar-refractivity contribution is -0.385. The monoisotopic (exact) mass is 302 g/mol. The second kappa shape index (κ2) is 7.02. The van der Waals surface area contributed by atoms with E-state index in [0.717, 1.165) is 11.8 Å². The highest BCUT2D eigenvalue weighted by molar-refractivity contribution is 5.81. The van der Waals surface area contributed by atoms with E-state index < -0.39 is 4.92 Å². The summed E-state index contributed by atoms with van der Waals surface area (Å²) in [5.41, 5.74) is 3.29. The van der Waals surface area contributed by atoms with E-state index in [9.17, 15) is 15.2 Å². The molecular formula is C14H14N4O4. The molecule has 0 saturated heterocycles. The number of ether oxygens (including phenoxy) is 1. The lowest BCUT2D eigenvalue weighted by Crippen LogP contribution is -1.96. The van der Waals surface area contributed by atoms with Gasteiger partial charge in [0.1, 0.15) is 12.0 Å². The highest BCUT2D eigenvalue weighted by atomic mass is 16.6. The molecule has 2 N–H and O–H groups in total. The third kappa shape index (κ3) is 3.92. The van der Waals surface area contributed by atoms with Crippen molar-refractivity contribution in [2.24, 2.45) is 5.10 Å². The van der Waals surface area contributed by atoms with Crippen LogP contribution < -0.4 is 10.2 Å². The molecule has 0 radical (unpaired) electrons. The van der Waals surface area contributed by atoms with Crippen LogP contribution in [0.1, 0.15) is 12.5 Å². The minimum absolute atomic E-state index is 0.0593. The van der Waals surface area contributed by atoms with Gasteiger partial charge in [0.15, 0.2) is 11.5 Å². The van der Waals surface area contributed by atoms with Gasteiger partial charge in [0.2, 0.25) is 0 Å². The maximum atomic E-state index is 10.5. The number of pyridine rings is 1. The zero-order valence-corrected chi connectivity index (χ0v) is 11.8. The van der Waals surface area contributed by atoms with Gasteiger partial charge in [0.05, 0.1) is 17.7 Å². The number of aromatic hydroxyl groups is 1. The maximum Gasteiger partial charge on any atom is 0.287 e. The average molecular weight is 302 g/mol. The number of hydrazone groups is 1. The van der Waals surface area contributed by atoms with Crippen molar-refractivity contribution in [3.63, 3.8) is 0 Å².